The number of carbonyl (C=O) groups excluding carboxylic acids is 1. The number of nitrogens with zero attached hydrogens (tertiary/aromatic N) is 2. The molecule has 3 aromatic rings. The van der Waals surface area contributed by atoms with Crippen LogP contribution in [0.25, 0.3) is 11.0 Å². The Hall–Kier alpha value is -2.73. The normalized spacial score (nSPS) is 10.6. The lowest BCUT2D eigenvalue weighted by atomic mass is 10.2. The van der Waals surface area contributed by atoms with Crippen molar-refractivity contribution >= 4 is 40.1 Å². The zero-order valence-electron chi connectivity index (χ0n) is 12.7. The molecule has 0 aliphatic heterocycles. The predicted octanol–water partition coefficient (Wildman–Crippen LogP) is 4.34. The van der Waals surface area contributed by atoms with E-state index in [9.17, 15) is 9.18 Å². The van der Waals surface area contributed by atoms with Crippen LogP contribution in [0.3, 0.4) is 0 Å². The maximum absolute atomic E-state index is 13.3. The van der Waals surface area contributed by atoms with Crippen LogP contribution in [0.2, 0.25) is 5.02 Å². The Kier molecular flexibility index (Phi) is 4.57. The number of anilines is 2. The van der Waals surface area contributed by atoms with Crippen molar-refractivity contribution in [3.05, 3.63) is 59.0 Å². The molecule has 0 fully saturated rings. The van der Waals surface area contributed by atoms with Crippen molar-refractivity contribution in [2.45, 2.75) is 6.92 Å². The monoisotopic (exact) mass is 345 g/mol. The molecule has 1 heterocycles. The lowest BCUT2D eigenvalue weighted by Gasteiger charge is -2.11. The van der Waals surface area contributed by atoms with E-state index in [1.807, 2.05) is 6.07 Å². The zero-order valence-corrected chi connectivity index (χ0v) is 13.5. The van der Waals surface area contributed by atoms with Crippen molar-refractivity contribution in [1.82, 2.24) is 9.97 Å². The summed E-state index contributed by atoms with van der Waals surface area (Å²) in [5.41, 5.74) is 1.72. The Balaban J connectivity index is 2.07. The number of carbonyl (C=O) groups is 1. The number of esters is 1. The van der Waals surface area contributed by atoms with E-state index >= 15 is 0 Å². The molecule has 5 nitrogen and oxygen atoms in total. The highest BCUT2D eigenvalue weighted by atomic mass is 35.5. The molecule has 24 heavy (non-hydrogen) atoms. The minimum atomic E-state index is -0.591. The van der Waals surface area contributed by atoms with E-state index < -0.39 is 11.8 Å². The van der Waals surface area contributed by atoms with E-state index in [2.05, 4.69) is 15.3 Å². The van der Waals surface area contributed by atoms with Gasteiger partial charge < -0.3 is 10.1 Å². The van der Waals surface area contributed by atoms with Crippen molar-refractivity contribution in [3.8, 4) is 0 Å². The number of rotatable bonds is 4. The first-order valence-electron chi connectivity index (χ1n) is 7.24. The molecular formula is C17H13ClFN3O2. The van der Waals surface area contributed by atoms with E-state index in [0.717, 1.165) is 0 Å². The standard InChI is InChI=1S/C17H13ClFN3O2/c1-2-24-17(23)15-16(20-10-7-8-12(19)11(18)9-10)22-14-6-4-3-5-13(14)21-15/h3-9H,2H2,1H3,(H,20,22). The second-order valence-electron chi connectivity index (χ2n) is 4.88. The summed E-state index contributed by atoms with van der Waals surface area (Å²) in [5, 5.41) is 2.91. The average molecular weight is 346 g/mol. The molecule has 2 aromatic carbocycles. The fourth-order valence-corrected chi connectivity index (χ4v) is 2.32. The molecule has 0 spiro atoms. The number of ether oxygens (including phenoxy) is 1. The lowest BCUT2D eigenvalue weighted by molar-refractivity contribution is 0.0521. The first-order valence-corrected chi connectivity index (χ1v) is 7.62. The van der Waals surface area contributed by atoms with Crippen molar-refractivity contribution < 1.29 is 13.9 Å². The maximum Gasteiger partial charge on any atom is 0.360 e. The largest absolute Gasteiger partial charge is 0.461 e. The third kappa shape index (κ3) is 3.28. The molecule has 0 aliphatic rings. The minimum absolute atomic E-state index is 0.0357. The molecule has 0 amide bonds. The van der Waals surface area contributed by atoms with E-state index in [1.54, 1.807) is 25.1 Å². The molecule has 0 radical (unpaired) electrons. The first-order chi connectivity index (χ1) is 11.6. The van der Waals surface area contributed by atoms with Crippen LogP contribution in [0.4, 0.5) is 15.9 Å². The van der Waals surface area contributed by atoms with Gasteiger partial charge in [-0.2, -0.15) is 0 Å². The molecule has 122 valence electrons. The van der Waals surface area contributed by atoms with Gasteiger partial charge in [0.05, 0.1) is 22.7 Å². The number of halogens is 2. The van der Waals surface area contributed by atoms with Gasteiger partial charge in [-0.3, -0.25) is 0 Å². The summed E-state index contributed by atoms with van der Waals surface area (Å²) in [5.74, 6) is -0.904. The number of fused-ring (bicyclic) bond motifs is 1. The van der Waals surface area contributed by atoms with Crippen molar-refractivity contribution in [2.24, 2.45) is 0 Å². The van der Waals surface area contributed by atoms with Crippen LogP contribution in [0.5, 0.6) is 0 Å². The SMILES string of the molecule is CCOC(=O)c1nc2ccccc2nc1Nc1ccc(F)c(Cl)c1. The minimum Gasteiger partial charge on any atom is -0.461 e. The molecule has 0 saturated heterocycles. The van der Waals surface area contributed by atoms with E-state index in [1.165, 1.54) is 18.2 Å². The van der Waals surface area contributed by atoms with Gasteiger partial charge in [-0.25, -0.2) is 19.2 Å². The smallest absolute Gasteiger partial charge is 0.360 e. The van der Waals surface area contributed by atoms with Gasteiger partial charge in [-0.05, 0) is 37.3 Å². The third-order valence-electron chi connectivity index (χ3n) is 3.22. The van der Waals surface area contributed by atoms with Gasteiger partial charge in [-0.15, -0.1) is 0 Å². The van der Waals surface area contributed by atoms with Gasteiger partial charge in [0, 0.05) is 5.69 Å². The fraction of sp³-hybridized carbons (Fsp3) is 0.118. The Morgan fingerprint density at radius 3 is 2.58 bits per heavy atom. The molecule has 3 rings (SSSR count). The summed E-state index contributed by atoms with van der Waals surface area (Å²) in [6, 6.07) is 11.3. The molecule has 0 saturated carbocycles. The molecule has 1 N–H and O–H groups in total. The van der Waals surface area contributed by atoms with Crippen molar-refractivity contribution in [3.63, 3.8) is 0 Å². The van der Waals surface area contributed by atoms with Crippen molar-refractivity contribution in [2.75, 3.05) is 11.9 Å². The van der Waals surface area contributed by atoms with Crippen LogP contribution in [0.15, 0.2) is 42.5 Å². The number of hydrogen-bond donors (Lipinski definition) is 1. The third-order valence-corrected chi connectivity index (χ3v) is 3.51. The van der Waals surface area contributed by atoms with Crippen LogP contribution >= 0.6 is 11.6 Å². The second kappa shape index (κ2) is 6.80. The van der Waals surface area contributed by atoms with Crippen LogP contribution in [0.1, 0.15) is 17.4 Å². The number of para-hydroxylation sites is 2. The molecule has 0 aliphatic carbocycles. The molecular weight excluding hydrogens is 333 g/mol. The number of nitrogens with one attached hydrogen (secondary N) is 1. The Morgan fingerprint density at radius 2 is 1.92 bits per heavy atom. The summed E-state index contributed by atoms with van der Waals surface area (Å²) >= 11 is 5.78. The fourth-order valence-electron chi connectivity index (χ4n) is 2.14. The highest BCUT2D eigenvalue weighted by molar-refractivity contribution is 6.31. The summed E-state index contributed by atoms with van der Waals surface area (Å²) in [4.78, 5) is 20.9. The van der Waals surface area contributed by atoms with Crippen LogP contribution in [-0.4, -0.2) is 22.5 Å². The summed E-state index contributed by atoms with van der Waals surface area (Å²) in [7, 11) is 0. The Labute approximate surface area is 142 Å². The summed E-state index contributed by atoms with van der Waals surface area (Å²) in [6.45, 7) is 1.92. The summed E-state index contributed by atoms with van der Waals surface area (Å²) in [6.07, 6.45) is 0. The quantitative estimate of drug-likeness (QED) is 0.712. The van der Waals surface area contributed by atoms with Crippen LogP contribution in [-0.2, 0) is 4.74 Å². The van der Waals surface area contributed by atoms with E-state index in [4.69, 9.17) is 16.3 Å². The van der Waals surface area contributed by atoms with Crippen LogP contribution in [0, 0.1) is 5.82 Å². The summed E-state index contributed by atoms with van der Waals surface area (Å²) < 4.78 is 18.3. The zero-order chi connectivity index (χ0) is 17.1. The highest BCUT2D eigenvalue weighted by Gasteiger charge is 2.18. The van der Waals surface area contributed by atoms with E-state index in [-0.39, 0.29) is 23.1 Å². The lowest BCUT2D eigenvalue weighted by Crippen LogP contribution is -2.12. The van der Waals surface area contributed by atoms with Gasteiger partial charge in [0.2, 0.25) is 0 Å². The van der Waals surface area contributed by atoms with Gasteiger partial charge >= 0.3 is 5.97 Å². The number of benzene rings is 2. The topological polar surface area (TPSA) is 64.1 Å². The molecule has 0 bridgehead atoms. The molecule has 1 aromatic heterocycles. The Morgan fingerprint density at radius 1 is 1.21 bits per heavy atom. The van der Waals surface area contributed by atoms with E-state index in [0.29, 0.717) is 16.7 Å². The molecule has 7 heteroatoms. The van der Waals surface area contributed by atoms with Gasteiger partial charge in [0.25, 0.3) is 0 Å². The average Bonchev–Trinajstić information content (AvgIpc) is 2.58. The highest BCUT2D eigenvalue weighted by Crippen LogP contribution is 2.25. The van der Waals surface area contributed by atoms with Crippen molar-refractivity contribution in [1.29, 1.82) is 0 Å². The maximum atomic E-state index is 13.3. The number of hydrogen-bond acceptors (Lipinski definition) is 5. The first kappa shape index (κ1) is 16.1. The molecule has 0 unspecified atom stereocenters. The predicted molar refractivity (Wildman–Crippen MR) is 90.2 cm³/mol. The second-order valence-corrected chi connectivity index (χ2v) is 5.29. The van der Waals surface area contributed by atoms with Crippen LogP contribution < -0.4 is 5.32 Å². The van der Waals surface area contributed by atoms with Gasteiger partial charge in [0.15, 0.2) is 11.5 Å². The van der Waals surface area contributed by atoms with Gasteiger partial charge in [-0.1, -0.05) is 23.7 Å². The Bertz CT molecular complexity index is 917. The van der Waals surface area contributed by atoms with Gasteiger partial charge in [0.1, 0.15) is 5.82 Å². The molecule has 0 atom stereocenters. The number of aromatic nitrogens is 2.